The topological polar surface area (TPSA) is 69.0 Å². The number of H-pyrrole nitrogens is 1. The van der Waals surface area contributed by atoms with Gasteiger partial charge in [-0.1, -0.05) is 0 Å². The van der Waals surface area contributed by atoms with Crippen LogP contribution in [-0.4, -0.2) is 30.5 Å². The second-order valence-electron chi connectivity index (χ2n) is 5.50. The van der Waals surface area contributed by atoms with Crippen molar-refractivity contribution in [2.75, 3.05) is 23.7 Å². The Morgan fingerprint density at radius 1 is 1.43 bits per heavy atom. The highest BCUT2D eigenvalue weighted by Crippen LogP contribution is 2.36. The van der Waals surface area contributed by atoms with E-state index in [1.165, 1.54) is 6.07 Å². The first-order valence-corrected chi connectivity index (χ1v) is 7.10. The van der Waals surface area contributed by atoms with Gasteiger partial charge in [-0.2, -0.15) is 0 Å². The summed E-state index contributed by atoms with van der Waals surface area (Å²) in [6.07, 6.45) is 1.53. The van der Waals surface area contributed by atoms with Crippen molar-refractivity contribution in [2.24, 2.45) is 0 Å². The number of anilines is 2. The smallest absolute Gasteiger partial charge is 0.211 e. The first kappa shape index (κ1) is 13.9. The summed E-state index contributed by atoms with van der Waals surface area (Å²) in [6, 6.07) is 1.58. The van der Waals surface area contributed by atoms with Crippen molar-refractivity contribution in [3.05, 3.63) is 23.1 Å². The van der Waals surface area contributed by atoms with Gasteiger partial charge in [0, 0.05) is 29.7 Å². The third-order valence-corrected chi connectivity index (χ3v) is 4.15. The van der Waals surface area contributed by atoms with E-state index in [1.807, 2.05) is 13.8 Å². The molecule has 21 heavy (non-hydrogen) atoms. The van der Waals surface area contributed by atoms with Crippen LogP contribution in [0, 0.1) is 19.7 Å². The van der Waals surface area contributed by atoms with Crippen LogP contribution in [0.1, 0.15) is 17.7 Å². The Morgan fingerprint density at radius 2 is 2.24 bits per heavy atom. The number of rotatable bonds is 4. The average molecular weight is 290 g/mol. The number of halogens is 1. The van der Waals surface area contributed by atoms with E-state index in [0.717, 1.165) is 41.7 Å². The number of fused-ring (bicyclic) bond motifs is 1. The summed E-state index contributed by atoms with van der Waals surface area (Å²) in [5, 5.41) is 9.93. The number of benzene rings is 1. The summed E-state index contributed by atoms with van der Waals surface area (Å²) >= 11 is 0. The van der Waals surface area contributed by atoms with E-state index in [-0.39, 0.29) is 11.9 Å². The summed E-state index contributed by atoms with van der Waals surface area (Å²) in [5.74, 6) is -0.346. The minimum atomic E-state index is -0.346. The van der Waals surface area contributed by atoms with Crippen LogP contribution in [0.25, 0.3) is 10.9 Å². The molecule has 1 aliphatic heterocycles. The summed E-state index contributed by atoms with van der Waals surface area (Å²) < 4.78 is 14.5. The number of hydrogen-bond acceptors (Lipinski definition) is 3. The summed E-state index contributed by atoms with van der Waals surface area (Å²) in [4.78, 5) is 13.9. The molecule has 0 saturated carbocycles. The van der Waals surface area contributed by atoms with Gasteiger partial charge in [0.2, 0.25) is 6.41 Å². The van der Waals surface area contributed by atoms with Gasteiger partial charge in [-0.15, -0.1) is 0 Å². The van der Waals surface area contributed by atoms with Crippen LogP contribution in [0.2, 0.25) is 0 Å². The Balaban J connectivity index is 2.15. The molecule has 0 unspecified atom stereocenters. The summed E-state index contributed by atoms with van der Waals surface area (Å²) in [7, 11) is 0. The van der Waals surface area contributed by atoms with Gasteiger partial charge in [-0.25, -0.2) is 4.39 Å². The molecular weight excluding hydrogens is 271 g/mol. The minimum absolute atomic E-state index is 0.224. The third kappa shape index (κ3) is 2.35. The molecule has 0 aliphatic carbocycles. The second-order valence-corrected chi connectivity index (χ2v) is 5.50. The molecule has 1 fully saturated rings. The van der Waals surface area contributed by atoms with Crippen LogP contribution in [-0.2, 0) is 4.79 Å². The lowest BCUT2D eigenvalue weighted by Crippen LogP contribution is -2.23. The van der Waals surface area contributed by atoms with Crippen LogP contribution in [0.3, 0.4) is 0 Å². The molecule has 5 nitrogen and oxygen atoms in total. The van der Waals surface area contributed by atoms with E-state index >= 15 is 0 Å². The van der Waals surface area contributed by atoms with E-state index in [1.54, 1.807) is 0 Å². The molecule has 2 aromatic rings. The molecule has 1 aromatic carbocycles. The monoisotopic (exact) mass is 290 g/mol. The van der Waals surface area contributed by atoms with E-state index in [4.69, 9.17) is 0 Å². The molecule has 6 heteroatoms. The molecular formula is C15H19FN4O. The van der Waals surface area contributed by atoms with Crippen molar-refractivity contribution in [2.45, 2.75) is 26.3 Å². The molecule has 2 heterocycles. The predicted molar refractivity (Wildman–Crippen MR) is 82.3 cm³/mol. The van der Waals surface area contributed by atoms with Gasteiger partial charge in [0.15, 0.2) is 0 Å². The van der Waals surface area contributed by atoms with Crippen molar-refractivity contribution in [3.63, 3.8) is 0 Å². The number of hydrogen-bond donors (Lipinski definition) is 4. The highest BCUT2D eigenvalue weighted by molar-refractivity contribution is 6.04. The number of aromatic nitrogens is 1. The molecule has 0 bridgehead atoms. The number of carbonyl (C=O) groups is 1. The molecule has 112 valence electrons. The summed E-state index contributed by atoms with van der Waals surface area (Å²) in [6.45, 7) is 5.67. The van der Waals surface area contributed by atoms with Gasteiger partial charge in [0.25, 0.3) is 0 Å². The first-order valence-electron chi connectivity index (χ1n) is 7.10. The average Bonchev–Trinajstić information content (AvgIpc) is 3.05. The molecule has 0 radical (unpaired) electrons. The standard InChI is InChI=1S/C15H19FN4O/c1-8-9(2)19-15-12(18-7-21)5-11(16)14(13(8)15)20-10-3-4-17-6-10/h5,7,10,17,19-20H,3-4,6H2,1-2H3,(H,18,21)/t10-/m0/s1. The van der Waals surface area contributed by atoms with Crippen LogP contribution < -0.4 is 16.0 Å². The molecule has 1 amide bonds. The zero-order valence-corrected chi connectivity index (χ0v) is 12.1. The maximum absolute atomic E-state index is 14.5. The Bertz CT molecular complexity index is 689. The van der Waals surface area contributed by atoms with Crippen LogP contribution >= 0.6 is 0 Å². The number of nitrogens with one attached hydrogen (secondary N) is 4. The molecule has 1 aromatic heterocycles. The van der Waals surface area contributed by atoms with Gasteiger partial charge < -0.3 is 20.9 Å². The SMILES string of the molecule is Cc1[nH]c2c(NC=O)cc(F)c(N[C@H]3CCNC3)c2c1C. The van der Waals surface area contributed by atoms with Crippen molar-refractivity contribution < 1.29 is 9.18 Å². The molecule has 1 atom stereocenters. The van der Waals surface area contributed by atoms with Crippen molar-refractivity contribution in [3.8, 4) is 0 Å². The maximum Gasteiger partial charge on any atom is 0.211 e. The maximum atomic E-state index is 14.5. The highest BCUT2D eigenvalue weighted by Gasteiger charge is 2.21. The van der Waals surface area contributed by atoms with Crippen molar-refractivity contribution >= 4 is 28.7 Å². The highest BCUT2D eigenvalue weighted by atomic mass is 19.1. The summed E-state index contributed by atoms with van der Waals surface area (Å²) in [5.41, 5.74) is 3.69. The lowest BCUT2D eigenvalue weighted by atomic mass is 10.1. The first-order chi connectivity index (χ1) is 10.1. The molecule has 4 N–H and O–H groups in total. The number of aromatic amines is 1. The van der Waals surface area contributed by atoms with Gasteiger partial charge in [0.05, 0.1) is 16.9 Å². The van der Waals surface area contributed by atoms with Crippen molar-refractivity contribution in [1.29, 1.82) is 0 Å². The Kier molecular flexibility index (Phi) is 3.55. The number of aryl methyl sites for hydroxylation is 2. The van der Waals surface area contributed by atoms with E-state index < -0.39 is 0 Å². The third-order valence-electron chi connectivity index (χ3n) is 4.15. The largest absolute Gasteiger partial charge is 0.378 e. The Labute approximate surface area is 122 Å². The molecule has 1 aliphatic rings. The van der Waals surface area contributed by atoms with Crippen LogP contribution in [0.15, 0.2) is 6.07 Å². The van der Waals surface area contributed by atoms with Gasteiger partial charge >= 0.3 is 0 Å². The molecule has 3 rings (SSSR count). The van der Waals surface area contributed by atoms with Gasteiger partial charge in [0.1, 0.15) is 5.82 Å². The Morgan fingerprint density at radius 3 is 2.90 bits per heavy atom. The van der Waals surface area contributed by atoms with Gasteiger partial charge in [-0.3, -0.25) is 4.79 Å². The van der Waals surface area contributed by atoms with Crippen LogP contribution in [0.5, 0.6) is 0 Å². The van der Waals surface area contributed by atoms with E-state index in [0.29, 0.717) is 17.8 Å². The zero-order valence-electron chi connectivity index (χ0n) is 12.1. The molecule has 0 spiro atoms. The predicted octanol–water partition coefficient (Wildman–Crippen LogP) is 2.27. The van der Waals surface area contributed by atoms with Gasteiger partial charge in [-0.05, 0) is 32.4 Å². The quantitative estimate of drug-likeness (QED) is 0.653. The van der Waals surface area contributed by atoms with E-state index in [2.05, 4.69) is 20.9 Å². The second kappa shape index (κ2) is 5.37. The van der Waals surface area contributed by atoms with E-state index in [9.17, 15) is 9.18 Å². The fraction of sp³-hybridized carbons (Fsp3) is 0.400. The normalized spacial score (nSPS) is 18.1. The van der Waals surface area contributed by atoms with Crippen LogP contribution in [0.4, 0.5) is 15.8 Å². The Hall–Kier alpha value is -2.08. The number of amides is 1. The lowest BCUT2D eigenvalue weighted by molar-refractivity contribution is -0.105. The fourth-order valence-corrected chi connectivity index (χ4v) is 2.92. The fourth-order valence-electron chi connectivity index (χ4n) is 2.92. The van der Waals surface area contributed by atoms with Crippen molar-refractivity contribution in [1.82, 2.24) is 10.3 Å². The molecule has 1 saturated heterocycles. The zero-order chi connectivity index (χ0) is 15.0. The lowest BCUT2D eigenvalue weighted by Gasteiger charge is -2.16. The minimum Gasteiger partial charge on any atom is -0.378 e. The number of carbonyl (C=O) groups excluding carboxylic acids is 1.